The van der Waals surface area contributed by atoms with Gasteiger partial charge in [0.05, 0.1) is 13.2 Å². The molecule has 0 aromatic rings. The van der Waals surface area contributed by atoms with Gasteiger partial charge in [-0.2, -0.15) is 0 Å². The first-order chi connectivity index (χ1) is 17.5. The molecule has 0 aliphatic heterocycles. The van der Waals surface area contributed by atoms with Gasteiger partial charge < -0.3 is 9.79 Å². The van der Waals surface area contributed by atoms with Gasteiger partial charge in [0, 0.05) is 6.54 Å². The highest BCUT2D eigenvalue weighted by Gasteiger charge is 2.39. The second-order valence-corrected chi connectivity index (χ2v) is 12.8. The summed E-state index contributed by atoms with van der Waals surface area (Å²) in [5.41, 5.74) is 0. The van der Waals surface area contributed by atoms with E-state index in [-0.39, 0.29) is 0 Å². The van der Waals surface area contributed by atoms with Crippen LogP contribution >= 0.6 is 7.82 Å². The van der Waals surface area contributed by atoms with Crippen molar-refractivity contribution in [2.45, 2.75) is 149 Å². The first kappa shape index (κ1) is 34.1. The van der Waals surface area contributed by atoms with Crippen LogP contribution in [0.3, 0.4) is 0 Å². The van der Waals surface area contributed by atoms with Gasteiger partial charge in [-0.3, -0.25) is 9.05 Å². The molecule has 1 fully saturated rings. The number of rotatable bonds is 28. The lowest BCUT2D eigenvalue weighted by atomic mass is 10.1. The van der Waals surface area contributed by atoms with Gasteiger partial charge in [0.2, 0.25) is 0 Å². The van der Waals surface area contributed by atoms with E-state index >= 15 is 0 Å². The number of unbranched alkanes of at least 4 members (excludes halogenated alkanes) is 16. The SMILES string of the molecule is CCCCCCCCCOP(=O)(O)OCC1CC1CN(CCCCCCCC)CCCCCCCC. The number of nitrogens with zero attached hydrogens (tertiary/aromatic N) is 1. The fourth-order valence-corrected chi connectivity index (χ4v) is 5.88. The number of hydrogen-bond donors (Lipinski definition) is 1. The Morgan fingerprint density at radius 2 is 1.08 bits per heavy atom. The lowest BCUT2D eigenvalue weighted by Crippen LogP contribution is -2.29. The molecule has 0 heterocycles. The zero-order chi connectivity index (χ0) is 26.3. The van der Waals surface area contributed by atoms with Crippen molar-refractivity contribution in [1.82, 2.24) is 4.90 Å². The maximum atomic E-state index is 12.2. The van der Waals surface area contributed by atoms with Gasteiger partial charge in [0.1, 0.15) is 0 Å². The Morgan fingerprint density at radius 3 is 1.58 bits per heavy atom. The Bertz CT molecular complexity index is 517. The molecule has 0 amide bonds. The molecular formula is C30H62NO4P. The Hall–Kier alpha value is 0.0700. The standard InChI is InChI=1S/C30H62NO4P/c1-4-7-10-13-16-19-22-25-34-36(32,33)35-28-30-26-29(30)27-31(23-20-17-14-11-8-5-2)24-21-18-15-12-9-6-3/h29-30H,4-28H2,1-3H3,(H,32,33). The Morgan fingerprint density at radius 1 is 0.639 bits per heavy atom. The summed E-state index contributed by atoms with van der Waals surface area (Å²) in [6.45, 7) is 11.0. The highest BCUT2D eigenvalue weighted by Crippen LogP contribution is 2.48. The quantitative estimate of drug-likeness (QED) is 0.0804. The van der Waals surface area contributed by atoms with Crippen LogP contribution in [-0.4, -0.2) is 42.6 Å². The third-order valence-corrected chi connectivity index (χ3v) is 8.66. The summed E-state index contributed by atoms with van der Waals surface area (Å²) in [6, 6.07) is 0. The van der Waals surface area contributed by atoms with E-state index in [1.54, 1.807) is 0 Å². The lowest BCUT2D eigenvalue weighted by molar-refractivity contribution is 0.139. The predicted octanol–water partition coefficient (Wildman–Crippen LogP) is 9.53. The molecule has 1 saturated carbocycles. The smallest absolute Gasteiger partial charge is 0.303 e. The fraction of sp³-hybridized carbons (Fsp3) is 1.00. The Kier molecular flexibility index (Phi) is 21.8. The van der Waals surface area contributed by atoms with E-state index < -0.39 is 7.82 Å². The molecule has 5 nitrogen and oxygen atoms in total. The van der Waals surface area contributed by atoms with Crippen molar-refractivity contribution in [3.05, 3.63) is 0 Å². The van der Waals surface area contributed by atoms with Gasteiger partial charge in [0.15, 0.2) is 0 Å². The lowest BCUT2D eigenvalue weighted by Gasteiger charge is -2.22. The van der Waals surface area contributed by atoms with Crippen molar-refractivity contribution in [2.75, 3.05) is 32.8 Å². The predicted molar refractivity (Wildman–Crippen MR) is 155 cm³/mol. The van der Waals surface area contributed by atoms with Gasteiger partial charge >= 0.3 is 7.82 Å². The van der Waals surface area contributed by atoms with E-state index in [0.29, 0.717) is 25.0 Å². The maximum absolute atomic E-state index is 12.2. The second-order valence-electron chi connectivity index (χ2n) is 11.3. The summed E-state index contributed by atoms with van der Waals surface area (Å²) in [5.74, 6) is 1.01. The van der Waals surface area contributed by atoms with Crippen molar-refractivity contribution >= 4 is 7.82 Å². The van der Waals surface area contributed by atoms with Crippen molar-refractivity contribution in [2.24, 2.45) is 11.8 Å². The maximum Gasteiger partial charge on any atom is 0.472 e. The minimum absolute atomic E-state index is 0.319. The molecule has 0 spiro atoms. The normalized spacial score (nSPS) is 19.1. The van der Waals surface area contributed by atoms with Crippen molar-refractivity contribution in [3.63, 3.8) is 0 Å². The molecule has 216 valence electrons. The van der Waals surface area contributed by atoms with Gasteiger partial charge in [0.25, 0.3) is 0 Å². The molecule has 0 radical (unpaired) electrons. The number of phosphoric acid groups is 1. The summed E-state index contributed by atoms with van der Waals surface area (Å²) in [5, 5.41) is 0. The van der Waals surface area contributed by atoms with Crippen LogP contribution in [0, 0.1) is 11.8 Å². The minimum atomic E-state index is -3.91. The second kappa shape index (κ2) is 23.0. The van der Waals surface area contributed by atoms with E-state index in [9.17, 15) is 9.46 Å². The molecule has 0 aromatic carbocycles. The van der Waals surface area contributed by atoms with Crippen LogP contribution in [0.1, 0.15) is 149 Å². The summed E-state index contributed by atoms with van der Waals surface area (Å²) in [6.07, 6.45) is 25.4. The summed E-state index contributed by atoms with van der Waals surface area (Å²) in [7, 11) is -3.91. The summed E-state index contributed by atoms with van der Waals surface area (Å²) >= 11 is 0. The van der Waals surface area contributed by atoms with Gasteiger partial charge in [-0.05, 0) is 50.6 Å². The minimum Gasteiger partial charge on any atom is -0.303 e. The molecule has 1 aliphatic carbocycles. The number of phosphoric ester groups is 1. The van der Waals surface area contributed by atoms with Crippen LogP contribution < -0.4 is 0 Å². The highest BCUT2D eigenvalue weighted by molar-refractivity contribution is 7.47. The van der Waals surface area contributed by atoms with Crippen LogP contribution in [0.5, 0.6) is 0 Å². The molecule has 6 heteroatoms. The average molecular weight is 532 g/mol. The van der Waals surface area contributed by atoms with Crippen LogP contribution in [0.2, 0.25) is 0 Å². The topological polar surface area (TPSA) is 59.0 Å². The van der Waals surface area contributed by atoms with E-state index in [1.807, 2.05) is 0 Å². The first-order valence-corrected chi connectivity index (χ1v) is 17.4. The van der Waals surface area contributed by atoms with Gasteiger partial charge in [-0.25, -0.2) is 4.57 Å². The van der Waals surface area contributed by atoms with E-state index in [0.717, 1.165) is 25.8 Å². The Labute approximate surface area is 225 Å². The van der Waals surface area contributed by atoms with Crippen LogP contribution in [0.25, 0.3) is 0 Å². The first-order valence-electron chi connectivity index (χ1n) is 15.9. The monoisotopic (exact) mass is 531 g/mol. The average Bonchev–Trinajstić information content (AvgIpc) is 3.61. The zero-order valence-electron chi connectivity index (χ0n) is 24.4. The van der Waals surface area contributed by atoms with Crippen LogP contribution in [0.15, 0.2) is 0 Å². The molecular weight excluding hydrogens is 469 g/mol. The molecule has 3 unspecified atom stereocenters. The van der Waals surface area contributed by atoms with Crippen LogP contribution in [0.4, 0.5) is 0 Å². The fourth-order valence-electron chi connectivity index (χ4n) is 5.06. The van der Waals surface area contributed by atoms with Gasteiger partial charge in [-0.1, -0.05) is 124 Å². The van der Waals surface area contributed by atoms with Crippen molar-refractivity contribution < 1.29 is 18.5 Å². The van der Waals surface area contributed by atoms with E-state index in [2.05, 4.69) is 25.7 Å². The molecule has 0 bridgehead atoms. The number of hydrogen-bond acceptors (Lipinski definition) is 4. The molecule has 1 N–H and O–H groups in total. The van der Waals surface area contributed by atoms with Gasteiger partial charge in [-0.15, -0.1) is 0 Å². The third kappa shape index (κ3) is 20.1. The molecule has 1 aliphatic rings. The Balaban J connectivity index is 2.22. The largest absolute Gasteiger partial charge is 0.472 e. The molecule has 36 heavy (non-hydrogen) atoms. The van der Waals surface area contributed by atoms with Crippen molar-refractivity contribution in [1.29, 1.82) is 0 Å². The van der Waals surface area contributed by atoms with Crippen LogP contribution in [-0.2, 0) is 13.6 Å². The summed E-state index contributed by atoms with van der Waals surface area (Å²) < 4.78 is 22.8. The summed E-state index contributed by atoms with van der Waals surface area (Å²) in [4.78, 5) is 12.7. The third-order valence-electron chi connectivity index (χ3n) is 7.67. The van der Waals surface area contributed by atoms with E-state index in [4.69, 9.17) is 9.05 Å². The molecule has 0 aromatic heterocycles. The van der Waals surface area contributed by atoms with Crippen molar-refractivity contribution in [3.8, 4) is 0 Å². The van der Waals surface area contributed by atoms with E-state index in [1.165, 1.54) is 122 Å². The molecule has 3 atom stereocenters. The molecule has 1 rings (SSSR count). The highest BCUT2D eigenvalue weighted by atomic mass is 31.2. The zero-order valence-corrected chi connectivity index (χ0v) is 25.3. The molecule has 0 saturated heterocycles.